The number of anilines is 1. The zero-order valence-corrected chi connectivity index (χ0v) is 13.6. The van der Waals surface area contributed by atoms with Crippen molar-refractivity contribution in [1.82, 2.24) is 4.90 Å². The summed E-state index contributed by atoms with van der Waals surface area (Å²) in [5.41, 5.74) is 1.66. The normalized spacial score (nSPS) is 21.8. The minimum atomic E-state index is -0.546. The van der Waals surface area contributed by atoms with Gasteiger partial charge in [0.15, 0.2) is 0 Å². The van der Waals surface area contributed by atoms with E-state index in [9.17, 15) is 14.4 Å². The molecule has 0 spiro atoms. The van der Waals surface area contributed by atoms with Crippen LogP contribution < -0.4 is 9.64 Å². The molecule has 2 aliphatic heterocycles. The van der Waals surface area contributed by atoms with Gasteiger partial charge in [0.05, 0.1) is 24.3 Å². The summed E-state index contributed by atoms with van der Waals surface area (Å²) in [5.74, 6) is 0.0717. The van der Waals surface area contributed by atoms with E-state index >= 15 is 0 Å². The number of amides is 2. The molecule has 0 saturated carbocycles. The molecule has 2 aliphatic rings. The van der Waals surface area contributed by atoms with Gasteiger partial charge in [0.1, 0.15) is 18.1 Å². The second kappa shape index (κ2) is 5.73. The Morgan fingerprint density at radius 3 is 2.12 bits per heavy atom. The van der Waals surface area contributed by atoms with Crippen LogP contribution >= 0.6 is 0 Å². The van der Waals surface area contributed by atoms with Gasteiger partial charge in [-0.05, 0) is 36.4 Å². The largest absolute Gasteiger partial charge is 0.497 e. The second-order valence-electron chi connectivity index (χ2n) is 6.07. The minimum absolute atomic E-state index is 0.327. The maximum atomic E-state index is 12.6. The van der Waals surface area contributed by atoms with E-state index in [1.54, 1.807) is 31.4 Å². The summed E-state index contributed by atoms with van der Waals surface area (Å²) in [5, 5.41) is 0. The van der Waals surface area contributed by atoms with Crippen LogP contribution in [0.5, 0.6) is 5.75 Å². The average Bonchev–Trinajstić information content (AvgIpc) is 2.87. The third-order valence-corrected chi connectivity index (χ3v) is 4.84. The third kappa shape index (κ3) is 2.21. The Kier molecular flexibility index (Phi) is 3.53. The van der Waals surface area contributed by atoms with Crippen molar-refractivity contribution in [1.29, 1.82) is 0 Å². The lowest BCUT2D eigenvalue weighted by molar-refractivity contribution is -0.111. The molecule has 2 heterocycles. The number of hydrogen-bond donors (Lipinski definition) is 0. The Morgan fingerprint density at radius 1 is 1.00 bits per heavy atom. The van der Waals surface area contributed by atoms with Crippen molar-refractivity contribution in [2.75, 3.05) is 18.6 Å². The van der Waals surface area contributed by atoms with Crippen molar-refractivity contribution in [3.63, 3.8) is 0 Å². The fourth-order valence-electron chi connectivity index (χ4n) is 3.46. The maximum Gasteiger partial charge on any atom is 0.261 e. The van der Waals surface area contributed by atoms with E-state index in [0.717, 1.165) is 17.7 Å². The number of carbonyl (C=O) groups is 3. The number of imide groups is 1. The molecule has 2 amide bonds. The summed E-state index contributed by atoms with van der Waals surface area (Å²) < 4.78 is 5.13. The Hall–Kier alpha value is -3.15. The molecule has 0 aromatic heterocycles. The van der Waals surface area contributed by atoms with Crippen molar-refractivity contribution in [3.8, 4) is 5.75 Å². The Bertz CT molecular complexity index is 827. The van der Waals surface area contributed by atoms with E-state index in [1.165, 1.54) is 4.90 Å². The zero-order valence-electron chi connectivity index (χ0n) is 13.6. The Balaban J connectivity index is 1.58. The van der Waals surface area contributed by atoms with Gasteiger partial charge in [-0.1, -0.05) is 12.1 Å². The molecule has 2 atom stereocenters. The smallest absolute Gasteiger partial charge is 0.261 e. The monoisotopic (exact) mass is 336 g/mol. The van der Waals surface area contributed by atoms with Crippen molar-refractivity contribution in [2.45, 2.75) is 12.1 Å². The quantitative estimate of drug-likeness (QED) is 0.628. The number of hydrogen-bond acceptors (Lipinski definition) is 5. The van der Waals surface area contributed by atoms with Gasteiger partial charge in [-0.15, -0.1) is 0 Å². The van der Waals surface area contributed by atoms with Gasteiger partial charge in [0, 0.05) is 12.2 Å². The van der Waals surface area contributed by atoms with Crippen molar-refractivity contribution in [2.24, 2.45) is 0 Å². The summed E-state index contributed by atoms with van der Waals surface area (Å²) in [4.78, 5) is 39.9. The molecule has 0 radical (unpaired) electrons. The zero-order chi connectivity index (χ0) is 17.6. The minimum Gasteiger partial charge on any atom is -0.497 e. The summed E-state index contributed by atoms with van der Waals surface area (Å²) in [7, 11) is 1.59. The lowest BCUT2D eigenvalue weighted by Crippen LogP contribution is -2.68. The van der Waals surface area contributed by atoms with Crippen molar-refractivity contribution in [3.05, 3.63) is 59.7 Å². The second-order valence-corrected chi connectivity index (χ2v) is 6.07. The molecule has 0 bridgehead atoms. The van der Waals surface area contributed by atoms with Gasteiger partial charge >= 0.3 is 0 Å². The first-order valence-corrected chi connectivity index (χ1v) is 7.98. The summed E-state index contributed by atoms with van der Waals surface area (Å²) >= 11 is 0. The van der Waals surface area contributed by atoms with Crippen molar-refractivity contribution < 1.29 is 19.1 Å². The number of ether oxygens (including phenoxy) is 1. The Labute approximate surface area is 144 Å². The molecule has 0 N–H and O–H groups in total. The van der Waals surface area contributed by atoms with Crippen LogP contribution in [0, 0.1) is 0 Å². The van der Waals surface area contributed by atoms with E-state index in [2.05, 4.69) is 0 Å². The molecule has 1 fully saturated rings. The van der Waals surface area contributed by atoms with E-state index in [1.807, 2.05) is 29.2 Å². The summed E-state index contributed by atoms with van der Waals surface area (Å²) in [6.45, 7) is 0.432. The van der Waals surface area contributed by atoms with E-state index in [4.69, 9.17) is 4.74 Å². The standard InChI is InChI=1S/C19H16N2O4/c1-25-13-8-6-12(7-9-13)20-10-16(17(20)11-22)21-18(23)14-4-2-3-5-15(14)19(21)24/h2-9,11,16-17H,10H2,1H3/t16-,17-/m1/s1. The lowest BCUT2D eigenvalue weighted by atomic mass is 9.94. The predicted molar refractivity (Wildman–Crippen MR) is 90.9 cm³/mol. The van der Waals surface area contributed by atoms with Crippen LogP contribution in [0.15, 0.2) is 48.5 Å². The van der Waals surface area contributed by atoms with Gasteiger partial charge < -0.3 is 14.4 Å². The fourth-order valence-corrected chi connectivity index (χ4v) is 3.46. The molecule has 126 valence electrons. The first-order valence-electron chi connectivity index (χ1n) is 7.98. The number of methoxy groups -OCH3 is 1. The number of carbonyl (C=O) groups excluding carboxylic acids is 3. The lowest BCUT2D eigenvalue weighted by Gasteiger charge is -2.49. The van der Waals surface area contributed by atoms with Crippen LogP contribution in [0.1, 0.15) is 20.7 Å². The molecule has 2 aromatic carbocycles. The third-order valence-electron chi connectivity index (χ3n) is 4.84. The highest BCUT2D eigenvalue weighted by molar-refractivity contribution is 6.21. The summed E-state index contributed by atoms with van der Waals surface area (Å²) in [6.07, 6.45) is 0.794. The highest BCUT2D eigenvalue weighted by atomic mass is 16.5. The molecule has 6 heteroatoms. The Morgan fingerprint density at radius 2 is 1.60 bits per heavy atom. The SMILES string of the molecule is COc1ccc(N2C[C@@H](N3C(=O)c4ccccc4C3=O)[C@H]2C=O)cc1. The van der Waals surface area contributed by atoms with Gasteiger partial charge in [-0.2, -0.15) is 0 Å². The predicted octanol–water partition coefficient (Wildman–Crippen LogP) is 1.75. The molecule has 25 heavy (non-hydrogen) atoms. The first kappa shape index (κ1) is 15.4. The average molecular weight is 336 g/mol. The molecule has 0 aliphatic carbocycles. The van der Waals surface area contributed by atoms with E-state index in [-0.39, 0.29) is 11.8 Å². The van der Waals surface area contributed by atoms with Crippen LogP contribution in [-0.2, 0) is 4.79 Å². The van der Waals surface area contributed by atoms with Crippen LogP contribution in [0.25, 0.3) is 0 Å². The van der Waals surface area contributed by atoms with Gasteiger partial charge in [0.2, 0.25) is 0 Å². The number of nitrogens with zero attached hydrogens (tertiary/aromatic N) is 2. The van der Waals surface area contributed by atoms with Crippen LogP contribution in [0.3, 0.4) is 0 Å². The molecule has 1 saturated heterocycles. The first-order chi connectivity index (χ1) is 12.2. The number of aldehydes is 1. The molecule has 4 rings (SSSR count). The summed E-state index contributed by atoms with van der Waals surface area (Å²) in [6, 6.07) is 13.1. The van der Waals surface area contributed by atoms with E-state index < -0.39 is 12.1 Å². The van der Waals surface area contributed by atoms with Crippen LogP contribution in [0.4, 0.5) is 5.69 Å². The number of fused-ring (bicyclic) bond motifs is 1. The topological polar surface area (TPSA) is 66.9 Å². The van der Waals surface area contributed by atoms with Crippen molar-refractivity contribution >= 4 is 23.8 Å². The van der Waals surface area contributed by atoms with Crippen LogP contribution in [0.2, 0.25) is 0 Å². The van der Waals surface area contributed by atoms with Gasteiger partial charge in [-0.25, -0.2) is 0 Å². The van der Waals surface area contributed by atoms with E-state index in [0.29, 0.717) is 17.7 Å². The molecular weight excluding hydrogens is 320 g/mol. The van der Waals surface area contributed by atoms with Crippen LogP contribution in [-0.4, -0.2) is 48.7 Å². The molecule has 2 aromatic rings. The number of benzene rings is 2. The molecule has 6 nitrogen and oxygen atoms in total. The fraction of sp³-hybridized carbons (Fsp3) is 0.211. The number of rotatable bonds is 4. The maximum absolute atomic E-state index is 12.6. The molecular formula is C19H16N2O4. The molecule has 0 unspecified atom stereocenters. The highest BCUT2D eigenvalue weighted by Crippen LogP contribution is 2.34. The van der Waals surface area contributed by atoms with Gasteiger partial charge in [-0.3, -0.25) is 14.5 Å². The highest BCUT2D eigenvalue weighted by Gasteiger charge is 2.50. The van der Waals surface area contributed by atoms with Gasteiger partial charge in [0.25, 0.3) is 11.8 Å².